The van der Waals surface area contributed by atoms with Crippen molar-refractivity contribution < 1.29 is 12.8 Å². The van der Waals surface area contributed by atoms with E-state index in [1.165, 1.54) is 12.5 Å². The lowest BCUT2D eigenvalue weighted by atomic mass is 10.1. The Hall–Kier alpha value is -0.460. The van der Waals surface area contributed by atoms with E-state index in [1.807, 2.05) is 6.92 Å². The van der Waals surface area contributed by atoms with Gasteiger partial charge in [-0.15, -0.1) is 0 Å². The van der Waals surface area contributed by atoms with Gasteiger partial charge in [-0.1, -0.05) is 32.6 Å². The Morgan fingerprint density at radius 2 is 2.00 bits per heavy atom. The molecule has 0 amide bonds. The van der Waals surface area contributed by atoms with Crippen LogP contribution in [-0.2, 0) is 10.0 Å². The van der Waals surface area contributed by atoms with E-state index in [4.69, 9.17) is 0 Å². The van der Waals surface area contributed by atoms with Gasteiger partial charge in [0.05, 0.1) is 4.90 Å². The summed E-state index contributed by atoms with van der Waals surface area (Å²) in [4.78, 5) is 0.0688. The van der Waals surface area contributed by atoms with Crippen LogP contribution in [0, 0.1) is 5.82 Å². The van der Waals surface area contributed by atoms with Gasteiger partial charge in [0.25, 0.3) is 0 Å². The van der Waals surface area contributed by atoms with Crippen molar-refractivity contribution in [3.63, 3.8) is 0 Å². The van der Waals surface area contributed by atoms with Crippen LogP contribution in [0.1, 0.15) is 46.0 Å². The number of unbranched alkanes of at least 4 members (excludes halogenated alkanes) is 3. The molecule has 0 saturated carbocycles. The molecule has 0 saturated heterocycles. The molecular formula is C14H21BrFNO2S. The molecular weight excluding hydrogens is 345 g/mol. The molecule has 3 nitrogen and oxygen atoms in total. The molecule has 114 valence electrons. The van der Waals surface area contributed by atoms with Gasteiger partial charge < -0.3 is 0 Å². The topological polar surface area (TPSA) is 46.2 Å². The van der Waals surface area contributed by atoms with E-state index in [2.05, 4.69) is 27.6 Å². The molecule has 0 aliphatic carbocycles. The van der Waals surface area contributed by atoms with E-state index in [1.54, 1.807) is 0 Å². The molecule has 0 aliphatic rings. The summed E-state index contributed by atoms with van der Waals surface area (Å²) in [5.74, 6) is -0.469. The second-order valence-electron chi connectivity index (χ2n) is 4.95. The smallest absolute Gasteiger partial charge is 0.208 e. The fourth-order valence-corrected chi connectivity index (χ4v) is 4.29. The third-order valence-corrected chi connectivity index (χ3v) is 5.60. The molecule has 1 rings (SSSR count). The predicted octanol–water partition coefficient (Wildman–Crippen LogP) is 4.23. The van der Waals surface area contributed by atoms with Crippen molar-refractivity contribution in [1.29, 1.82) is 0 Å². The fourth-order valence-electron chi connectivity index (χ4n) is 1.96. The zero-order valence-electron chi connectivity index (χ0n) is 11.8. The van der Waals surface area contributed by atoms with Crippen LogP contribution in [-0.4, -0.2) is 14.5 Å². The summed E-state index contributed by atoms with van der Waals surface area (Å²) >= 11 is 3.09. The predicted molar refractivity (Wildman–Crippen MR) is 82.6 cm³/mol. The van der Waals surface area contributed by atoms with Crippen molar-refractivity contribution in [3.05, 3.63) is 28.5 Å². The molecule has 1 N–H and O–H groups in total. The molecule has 0 bridgehead atoms. The molecule has 1 aromatic carbocycles. The Balaban J connectivity index is 2.65. The van der Waals surface area contributed by atoms with Crippen molar-refractivity contribution in [1.82, 2.24) is 4.72 Å². The van der Waals surface area contributed by atoms with Gasteiger partial charge in [0.1, 0.15) is 5.82 Å². The maximum absolute atomic E-state index is 13.0. The highest BCUT2D eigenvalue weighted by molar-refractivity contribution is 9.10. The molecule has 1 aromatic rings. The summed E-state index contributed by atoms with van der Waals surface area (Å²) in [5.41, 5.74) is 0. The zero-order valence-corrected chi connectivity index (χ0v) is 14.2. The largest absolute Gasteiger partial charge is 0.241 e. The molecule has 0 aromatic heterocycles. The van der Waals surface area contributed by atoms with Crippen molar-refractivity contribution >= 4 is 26.0 Å². The average molecular weight is 366 g/mol. The first-order valence-corrected chi connectivity index (χ1v) is 9.12. The number of sulfonamides is 1. The lowest BCUT2D eigenvalue weighted by molar-refractivity contribution is 0.521. The molecule has 0 heterocycles. The monoisotopic (exact) mass is 365 g/mol. The van der Waals surface area contributed by atoms with Gasteiger partial charge in [0.2, 0.25) is 10.0 Å². The number of rotatable bonds is 8. The van der Waals surface area contributed by atoms with E-state index in [9.17, 15) is 12.8 Å². The van der Waals surface area contributed by atoms with E-state index >= 15 is 0 Å². The molecule has 6 heteroatoms. The van der Waals surface area contributed by atoms with E-state index in [0.29, 0.717) is 0 Å². The number of hydrogen-bond acceptors (Lipinski definition) is 2. The van der Waals surface area contributed by atoms with Gasteiger partial charge >= 0.3 is 0 Å². The first kappa shape index (κ1) is 17.6. The summed E-state index contributed by atoms with van der Waals surface area (Å²) in [7, 11) is -3.61. The Kier molecular flexibility index (Phi) is 7.12. The van der Waals surface area contributed by atoms with Crippen LogP contribution in [0.25, 0.3) is 0 Å². The minimum atomic E-state index is -3.61. The summed E-state index contributed by atoms with van der Waals surface area (Å²) in [6.45, 7) is 3.99. The quantitative estimate of drug-likeness (QED) is 0.700. The Labute approximate surface area is 129 Å². The molecule has 0 aliphatic heterocycles. The molecule has 0 spiro atoms. The molecule has 1 atom stereocenters. The molecule has 1 unspecified atom stereocenters. The maximum atomic E-state index is 13.0. The lowest BCUT2D eigenvalue weighted by Gasteiger charge is -2.15. The third-order valence-electron chi connectivity index (χ3n) is 3.03. The van der Waals surface area contributed by atoms with Crippen LogP contribution >= 0.6 is 15.9 Å². The SMILES string of the molecule is CCCCCCC(C)NS(=O)(=O)c1ccc(F)cc1Br. The Morgan fingerprint density at radius 3 is 2.60 bits per heavy atom. The Bertz CT molecular complexity index is 534. The van der Waals surface area contributed by atoms with Gasteiger partial charge in [-0.05, 0) is 47.5 Å². The van der Waals surface area contributed by atoms with Crippen molar-refractivity contribution in [2.24, 2.45) is 0 Å². The number of nitrogens with one attached hydrogen (secondary N) is 1. The number of halogens is 2. The zero-order chi connectivity index (χ0) is 15.2. The fraction of sp³-hybridized carbons (Fsp3) is 0.571. The van der Waals surface area contributed by atoms with Crippen LogP contribution in [0.15, 0.2) is 27.6 Å². The first-order valence-electron chi connectivity index (χ1n) is 6.84. The Morgan fingerprint density at radius 1 is 1.30 bits per heavy atom. The van der Waals surface area contributed by atoms with Gasteiger partial charge in [-0.25, -0.2) is 17.5 Å². The minimum absolute atomic E-state index is 0.0688. The maximum Gasteiger partial charge on any atom is 0.241 e. The van der Waals surface area contributed by atoms with Crippen LogP contribution in [0.5, 0.6) is 0 Å². The van der Waals surface area contributed by atoms with Gasteiger partial charge in [-0.3, -0.25) is 0 Å². The highest BCUT2D eigenvalue weighted by Gasteiger charge is 2.20. The second-order valence-corrected chi connectivity index (χ2v) is 7.48. The number of hydrogen-bond donors (Lipinski definition) is 1. The van der Waals surface area contributed by atoms with Gasteiger partial charge in [0, 0.05) is 10.5 Å². The van der Waals surface area contributed by atoms with Crippen LogP contribution in [0.4, 0.5) is 4.39 Å². The third kappa shape index (κ3) is 5.50. The molecule has 0 radical (unpaired) electrons. The first-order chi connectivity index (χ1) is 9.36. The number of benzene rings is 1. The van der Waals surface area contributed by atoms with Gasteiger partial charge in [-0.2, -0.15) is 0 Å². The summed E-state index contributed by atoms with van der Waals surface area (Å²) in [6.07, 6.45) is 5.24. The average Bonchev–Trinajstić information content (AvgIpc) is 2.33. The highest BCUT2D eigenvalue weighted by atomic mass is 79.9. The summed E-state index contributed by atoms with van der Waals surface area (Å²) in [5, 5.41) is 0. The molecule has 0 fully saturated rings. The standard InChI is InChI=1S/C14H21BrFNO2S/c1-3-4-5-6-7-11(2)17-20(18,19)14-9-8-12(16)10-13(14)15/h8-11,17H,3-7H2,1-2H3. The van der Waals surface area contributed by atoms with E-state index in [-0.39, 0.29) is 15.4 Å². The highest BCUT2D eigenvalue weighted by Crippen LogP contribution is 2.23. The summed E-state index contributed by atoms with van der Waals surface area (Å²) < 4.78 is 40.3. The van der Waals surface area contributed by atoms with Crippen LogP contribution in [0.3, 0.4) is 0 Å². The minimum Gasteiger partial charge on any atom is -0.208 e. The van der Waals surface area contributed by atoms with E-state index in [0.717, 1.165) is 37.8 Å². The van der Waals surface area contributed by atoms with E-state index < -0.39 is 15.8 Å². The summed E-state index contributed by atoms with van der Waals surface area (Å²) in [6, 6.07) is 3.44. The van der Waals surface area contributed by atoms with Crippen molar-refractivity contribution in [2.75, 3.05) is 0 Å². The van der Waals surface area contributed by atoms with Gasteiger partial charge in [0.15, 0.2) is 0 Å². The second kappa shape index (κ2) is 8.10. The lowest BCUT2D eigenvalue weighted by Crippen LogP contribution is -2.32. The molecule has 20 heavy (non-hydrogen) atoms. The van der Waals surface area contributed by atoms with Crippen LogP contribution in [0.2, 0.25) is 0 Å². The normalized spacial score (nSPS) is 13.4. The van der Waals surface area contributed by atoms with Crippen molar-refractivity contribution in [3.8, 4) is 0 Å². The van der Waals surface area contributed by atoms with Crippen molar-refractivity contribution in [2.45, 2.75) is 56.9 Å². The van der Waals surface area contributed by atoms with Crippen LogP contribution < -0.4 is 4.72 Å².